The van der Waals surface area contributed by atoms with Crippen LogP contribution in [0.2, 0.25) is 0 Å². The fraction of sp³-hybridized carbons (Fsp3) is 0.385. The Hall–Kier alpha value is -1.30. The van der Waals surface area contributed by atoms with E-state index in [0.29, 0.717) is 6.42 Å². The fourth-order valence-electron chi connectivity index (χ4n) is 1.20. The Morgan fingerprint density at radius 2 is 2.00 bits per heavy atom. The molecule has 2 heteroatoms. The van der Waals surface area contributed by atoms with Gasteiger partial charge in [-0.3, -0.25) is 0 Å². The molecule has 0 aliphatic heterocycles. The minimum atomic E-state index is 0.124. The molecule has 0 amide bonds. The van der Waals surface area contributed by atoms with Gasteiger partial charge in [-0.15, -0.1) is 0 Å². The van der Waals surface area contributed by atoms with Crippen molar-refractivity contribution in [2.75, 3.05) is 20.3 Å². The first-order chi connectivity index (χ1) is 7.36. The molecule has 0 aromatic heterocycles. The van der Waals surface area contributed by atoms with Crippen LogP contribution in [0.15, 0.2) is 24.3 Å². The minimum Gasteiger partial charge on any atom is -0.395 e. The molecule has 1 N–H and O–H groups in total. The lowest BCUT2D eigenvalue weighted by molar-refractivity contribution is 0.202. The van der Waals surface area contributed by atoms with Crippen LogP contribution in [-0.4, -0.2) is 25.4 Å². The number of aliphatic hydroxyl groups is 1. The number of benzene rings is 1. The summed E-state index contributed by atoms with van der Waals surface area (Å²) >= 11 is 0. The van der Waals surface area contributed by atoms with Crippen molar-refractivity contribution in [3.63, 3.8) is 0 Å². The maximum absolute atomic E-state index is 8.57. The molecule has 0 aliphatic carbocycles. The van der Waals surface area contributed by atoms with E-state index in [1.165, 1.54) is 5.56 Å². The molecule has 0 heterocycles. The number of aliphatic hydroxyl groups excluding tert-OH is 1. The molecule has 0 radical (unpaired) electrons. The summed E-state index contributed by atoms with van der Waals surface area (Å²) in [6, 6.07) is 8.11. The van der Waals surface area contributed by atoms with Crippen molar-refractivity contribution in [2.24, 2.45) is 0 Å². The van der Waals surface area contributed by atoms with Gasteiger partial charge in [-0.05, 0) is 24.1 Å². The molecule has 0 atom stereocenters. The number of rotatable bonds is 4. The normalized spacial score (nSPS) is 9.47. The molecule has 1 rings (SSSR count). The van der Waals surface area contributed by atoms with Gasteiger partial charge in [-0.25, -0.2) is 0 Å². The molecule has 0 fully saturated rings. The van der Waals surface area contributed by atoms with Crippen LogP contribution in [-0.2, 0) is 11.2 Å². The maximum atomic E-state index is 8.57. The average molecular weight is 204 g/mol. The van der Waals surface area contributed by atoms with Crippen LogP contribution in [0.5, 0.6) is 0 Å². The molecule has 2 nitrogen and oxygen atoms in total. The lowest BCUT2D eigenvalue weighted by Gasteiger charge is -1.99. The van der Waals surface area contributed by atoms with E-state index >= 15 is 0 Å². The highest BCUT2D eigenvalue weighted by Crippen LogP contribution is 2.04. The average Bonchev–Trinajstić information content (AvgIpc) is 2.28. The molecule has 0 bridgehead atoms. The number of hydrogen-bond acceptors (Lipinski definition) is 2. The topological polar surface area (TPSA) is 29.5 Å². The molecular formula is C13H16O2. The minimum absolute atomic E-state index is 0.124. The summed E-state index contributed by atoms with van der Waals surface area (Å²) in [5.74, 6) is 5.88. The highest BCUT2D eigenvalue weighted by molar-refractivity contribution is 5.36. The molecule has 1 aromatic carbocycles. The summed E-state index contributed by atoms with van der Waals surface area (Å²) in [4.78, 5) is 0. The van der Waals surface area contributed by atoms with E-state index in [4.69, 9.17) is 9.84 Å². The number of ether oxygens (including phenoxy) is 1. The highest BCUT2D eigenvalue weighted by Gasteiger charge is 1.92. The first kappa shape index (κ1) is 11.8. The van der Waals surface area contributed by atoms with Crippen LogP contribution in [0.4, 0.5) is 0 Å². The van der Waals surface area contributed by atoms with E-state index in [-0.39, 0.29) is 6.61 Å². The van der Waals surface area contributed by atoms with Gasteiger partial charge in [-0.1, -0.05) is 24.0 Å². The molecule has 0 saturated carbocycles. The zero-order chi connectivity index (χ0) is 10.9. The van der Waals surface area contributed by atoms with Gasteiger partial charge in [0.2, 0.25) is 0 Å². The molecule has 0 spiro atoms. The lowest BCUT2D eigenvalue weighted by Crippen LogP contribution is -1.93. The molecule has 15 heavy (non-hydrogen) atoms. The first-order valence-corrected chi connectivity index (χ1v) is 5.04. The molecule has 0 saturated heterocycles. The quantitative estimate of drug-likeness (QED) is 0.755. The maximum Gasteiger partial charge on any atom is 0.0540 e. The van der Waals surface area contributed by atoms with Crippen molar-refractivity contribution in [2.45, 2.75) is 12.8 Å². The van der Waals surface area contributed by atoms with Crippen molar-refractivity contribution in [1.82, 2.24) is 0 Å². The third kappa shape index (κ3) is 4.64. The Balaban J connectivity index is 2.53. The largest absolute Gasteiger partial charge is 0.395 e. The molecular weight excluding hydrogens is 188 g/mol. The Morgan fingerprint density at radius 1 is 1.27 bits per heavy atom. The van der Waals surface area contributed by atoms with Crippen LogP contribution in [0.3, 0.4) is 0 Å². The van der Waals surface area contributed by atoms with E-state index in [1.807, 2.05) is 12.1 Å². The van der Waals surface area contributed by atoms with Crippen molar-refractivity contribution in [3.05, 3.63) is 35.4 Å². The Morgan fingerprint density at radius 3 is 2.60 bits per heavy atom. The van der Waals surface area contributed by atoms with Gasteiger partial charge in [0.15, 0.2) is 0 Å². The summed E-state index contributed by atoms with van der Waals surface area (Å²) in [5, 5.41) is 8.57. The van der Waals surface area contributed by atoms with E-state index < -0.39 is 0 Å². The summed E-state index contributed by atoms with van der Waals surface area (Å²) in [6.07, 6.45) is 1.46. The monoisotopic (exact) mass is 204 g/mol. The Bertz CT molecular complexity index is 330. The molecule has 80 valence electrons. The second-order valence-corrected chi connectivity index (χ2v) is 3.22. The van der Waals surface area contributed by atoms with Crippen molar-refractivity contribution in [3.8, 4) is 11.8 Å². The standard InChI is InChI=1S/C13H16O2/c1-15-11-9-13-7-5-12(6-8-13)4-2-3-10-14/h5-8,14H,3,9-11H2,1H3. The lowest BCUT2D eigenvalue weighted by atomic mass is 10.1. The van der Waals surface area contributed by atoms with Gasteiger partial charge < -0.3 is 9.84 Å². The van der Waals surface area contributed by atoms with Crippen LogP contribution in [0.25, 0.3) is 0 Å². The van der Waals surface area contributed by atoms with Gasteiger partial charge in [-0.2, -0.15) is 0 Å². The van der Waals surface area contributed by atoms with Gasteiger partial charge in [0, 0.05) is 19.1 Å². The fourth-order valence-corrected chi connectivity index (χ4v) is 1.20. The van der Waals surface area contributed by atoms with Crippen LogP contribution < -0.4 is 0 Å². The van der Waals surface area contributed by atoms with E-state index in [2.05, 4.69) is 24.0 Å². The Labute approximate surface area is 90.9 Å². The summed E-state index contributed by atoms with van der Waals surface area (Å²) < 4.78 is 5.00. The second-order valence-electron chi connectivity index (χ2n) is 3.22. The summed E-state index contributed by atoms with van der Waals surface area (Å²) in [6.45, 7) is 0.870. The number of methoxy groups -OCH3 is 1. The Kier molecular flexibility index (Phi) is 5.54. The number of hydrogen-bond donors (Lipinski definition) is 1. The molecule has 0 aliphatic rings. The van der Waals surface area contributed by atoms with Crippen LogP contribution >= 0.6 is 0 Å². The van der Waals surface area contributed by atoms with Crippen molar-refractivity contribution < 1.29 is 9.84 Å². The third-order valence-electron chi connectivity index (χ3n) is 2.02. The van der Waals surface area contributed by atoms with E-state index in [0.717, 1.165) is 18.6 Å². The highest BCUT2D eigenvalue weighted by atomic mass is 16.5. The second kappa shape index (κ2) is 7.05. The molecule has 0 unspecified atom stereocenters. The van der Waals surface area contributed by atoms with E-state index in [1.54, 1.807) is 7.11 Å². The van der Waals surface area contributed by atoms with Gasteiger partial charge in [0.05, 0.1) is 13.2 Å². The van der Waals surface area contributed by atoms with Gasteiger partial charge in [0.25, 0.3) is 0 Å². The van der Waals surface area contributed by atoms with Crippen LogP contribution in [0, 0.1) is 11.8 Å². The predicted molar refractivity (Wildman–Crippen MR) is 60.6 cm³/mol. The summed E-state index contributed by atoms with van der Waals surface area (Å²) in [5.41, 5.74) is 2.24. The first-order valence-electron chi connectivity index (χ1n) is 5.04. The zero-order valence-electron chi connectivity index (χ0n) is 8.99. The predicted octanol–water partition coefficient (Wildman–Crippen LogP) is 1.61. The zero-order valence-corrected chi connectivity index (χ0v) is 8.99. The van der Waals surface area contributed by atoms with E-state index in [9.17, 15) is 0 Å². The molecule has 1 aromatic rings. The smallest absolute Gasteiger partial charge is 0.0540 e. The van der Waals surface area contributed by atoms with Crippen molar-refractivity contribution in [1.29, 1.82) is 0 Å². The van der Waals surface area contributed by atoms with Crippen molar-refractivity contribution >= 4 is 0 Å². The summed E-state index contributed by atoms with van der Waals surface area (Å²) in [7, 11) is 1.70. The van der Waals surface area contributed by atoms with Gasteiger partial charge >= 0.3 is 0 Å². The SMILES string of the molecule is COCCc1ccc(C#CCCO)cc1. The van der Waals surface area contributed by atoms with Gasteiger partial charge in [0.1, 0.15) is 0 Å². The van der Waals surface area contributed by atoms with Crippen LogP contribution in [0.1, 0.15) is 17.5 Å². The third-order valence-corrected chi connectivity index (χ3v) is 2.02.